The lowest BCUT2D eigenvalue weighted by molar-refractivity contribution is -0.123. The second-order valence-corrected chi connectivity index (χ2v) is 5.89. The van der Waals surface area contributed by atoms with Crippen LogP contribution in [0.4, 0.5) is 0 Å². The van der Waals surface area contributed by atoms with Crippen LogP contribution < -0.4 is 15.4 Å². The quantitative estimate of drug-likeness (QED) is 0.726. The Labute approximate surface area is 133 Å². The second-order valence-electron chi connectivity index (χ2n) is 5.89. The molecule has 1 atom stereocenters. The first-order valence-electron chi connectivity index (χ1n) is 8.52. The van der Waals surface area contributed by atoms with E-state index in [0.29, 0.717) is 6.54 Å². The van der Waals surface area contributed by atoms with Crippen molar-refractivity contribution in [1.82, 2.24) is 10.6 Å². The van der Waals surface area contributed by atoms with Gasteiger partial charge >= 0.3 is 0 Å². The maximum absolute atomic E-state index is 12.0. The molecular weight excluding hydrogens is 276 g/mol. The third-order valence-electron chi connectivity index (χ3n) is 4.03. The molecule has 1 aliphatic rings. The Kier molecular flexibility index (Phi) is 7.23. The summed E-state index contributed by atoms with van der Waals surface area (Å²) in [7, 11) is 0. The summed E-state index contributed by atoms with van der Waals surface area (Å²) in [5.41, 5.74) is 1.22. The summed E-state index contributed by atoms with van der Waals surface area (Å²) in [5, 5.41) is 6.30. The predicted octanol–water partition coefficient (Wildman–Crippen LogP) is 2.67. The monoisotopic (exact) mass is 304 g/mol. The van der Waals surface area contributed by atoms with Crippen molar-refractivity contribution >= 4 is 5.91 Å². The van der Waals surface area contributed by atoms with E-state index < -0.39 is 0 Å². The highest BCUT2D eigenvalue weighted by Gasteiger charge is 2.19. The number of piperidine rings is 1. The summed E-state index contributed by atoms with van der Waals surface area (Å²) < 4.78 is 5.65. The van der Waals surface area contributed by atoms with Crippen LogP contribution in [0.2, 0.25) is 0 Å². The van der Waals surface area contributed by atoms with Crippen molar-refractivity contribution in [2.75, 3.05) is 19.7 Å². The number of rotatable bonds is 8. The van der Waals surface area contributed by atoms with Crippen LogP contribution in [0, 0.1) is 0 Å². The van der Waals surface area contributed by atoms with Gasteiger partial charge in [-0.05, 0) is 49.9 Å². The van der Waals surface area contributed by atoms with E-state index in [1.165, 1.54) is 12.0 Å². The van der Waals surface area contributed by atoms with Crippen LogP contribution in [0.15, 0.2) is 24.3 Å². The molecule has 1 fully saturated rings. The van der Waals surface area contributed by atoms with Crippen LogP contribution in [-0.2, 0) is 11.2 Å². The first-order chi connectivity index (χ1) is 10.8. The molecule has 1 heterocycles. The van der Waals surface area contributed by atoms with Crippen LogP contribution in [0.1, 0.15) is 44.6 Å². The van der Waals surface area contributed by atoms with E-state index in [0.717, 1.165) is 51.0 Å². The van der Waals surface area contributed by atoms with E-state index >= 15 is 0 Å². The zero-order chi connectivity index (χ0) is 15.6. The summed E-state index contributed by atoms with van der Waals surface area (Å²) in [6.45, 7) is 4.58. The van der Waals surface area contributed by atoms with Gasteiger partial charge in [-0.1, -0.05) is 31.9 Å². The van der Waals surface area contributed by atoms with Crippen LogP contribution in [0.3, 0.4) is 0 Å². The molecule has 0 bridgehead atoms. The Bertz CT molecular complexity index is 439. The van der Waals surface area contributed by atoms with E-state index in [9.17, 15) is 4.79 Å². The maximum atomic E-state index is 12.0. The molecule has 2 N–H and O–H groups in total. The van der Waals surface area contributed by atoms with Crippen LogP contribution in [-0.4, -0.2) is 31.6 Å². The van der Waals surface area contributed by atoms with Gasteiger partial charge in [-0.25, -0.2) is 0 Å². The molecule has 1 aromatic rings. The summed E-state index contributed by atoms with van der Waals surface area (Å²) in [4.78, 5) is 12.0. The van der Waals surface area contributed by atoms with Crippen LogP contribution in [0.25, 0.3) is 0 Å². The summed E-state index contributed by atoms with van der Waals surface area (Å²) >= 11 is 0. The van der Waals surface area contributed by atoms with Crippen molar-refractivity contribution in [1.29, 1.82) is 0 Å². The number of hydrogen-bond donors (Lipinski definition) is 2. The molecule has 1 saturated heterocycles. The Balaban J connectivity index is 1.66. The van der Waals surface area contributed by atoms with E-state index in [4.69, 9.17) is 4.74 Å². The van der Waals surface area contributed by atoms with Crippen molar-refractivity contribution in [3.63, 3.8) is 0 Å². The Morgan fingerprint density at radius 2 is 2.14 bits per heavy atom. The molecule has 22 heavy (non-hydrogen) atoms. The van der Waals surface area contributed by atoms with Gasteiger partial charge in [0.2, 0.25) is 5.91 Å². The first kappa shape index (κ1) is 16.8. The summed E-state index contributed by atoms with van der Waals surface area (Å²) in [6, 6.07) is 8.17. The van der Waals surface area contributed by atoms with Gasteiger partial charge in [-0.2, -0.15) is 0 Å². The van der Waals surface area contributed by atoms with Gasteiger partial charge in [0.15, 0.2) is 0 Å². The topological polar surface area (TPSA) is 50.4 Å². The van der Waals surface area contributed by atoms with Gasteiger partial charge in [-0.15, -0.1) is 0 Å². The highest BCUT2D eigenvalue weighted by Crippen LogP contribution is 2.13. The summed E-state index contributed by atoms with van der Waals surface area (Å²) in [6.07, 6.45) is 6.36. The number of unbranched alkanes of at least 4 members (excludes halogenated alkanes) is 1. The van der Waals surface area contributed by atoms with Crippen molar-refractivity contribution in [3.8, 4) is 5.75 Å². The molecule has 0 radical (unpaired) electrons. The standard InChI is InChI=1S/C18H28N2O2/c1-2-3-14-22-16-9-7-15(8-10-16)11-13-20-18(21)17-6-4-5-12-19-17/h7-10,17,19H,2-6,11-14H2,1H3,(H,20,21). The van der Waals surface area contributed by atoms with Crippen molar-refractivity contribution in [2.45, 2.75) is 51.5 Å². The molecule has 2 rings (SSSR count). The third-order valence-corrected chi connectivity index (χ3v) is 4.03. The van der Waals surface area contributed by atoms with Gasteiger partial charge in [0.1, 0.15) is 5.75 Å². The number of ether oxygens (including phenoxy) is 1. The van der Waals surface area contributed by atoms with E-state index in [1.54, 1.807) is 0 Å². The number of hydrogen-bond acceptors (Lipinski definition) is 3. The lowest BCUT2D eigenvalue weighted by Gasteiger charge is -2.22. The number of carbonyl (C=O) groups is 1. The third kappa shape index (κ3) is 5.68. The fourth-order valence-corrected chi connectivity index (χ4v) is 2.62. The Morgan fingerprint density at radius 1 is 1.32 bits per heavy atom. The molecule has 0 saturated carbocycles. The lowest BCUT2D eigenvalue weighted by Crippen LogP contribution is -2.47. The second kappa shape index (κ2) is 9.46. The van der Waals surface area contributed by atoms with E-state index in [-0.39, 0.29) is 11.9 Å². The van der Waals surface area contributed by atoms with E-state index in [1.807, 2.05) is 12.1 Å². The SMILES string of the molecule is CCCCOc1ccc(CCNC(=O)C2CCCCN2)cc1. The van der Waals surface area contributed by atoms with Gasteiger partial charge in [0.05, 0.1) is 12.6 Å². The van der Waals surface area contributed by atoms with Gasteiger partial charge in [0, 0.05) is 6.54 Å². The minimum absolute atomic E-state index is 0.00286. The molecular formula is C18H28N2O2. The van der Waals surface area contributed by atoms with Crippen molar-refractivity contribution < 1.29 is 9.53 Å². The van der Waals surface area contributed by atoms with Gasteiger partial charge < -0.3 is 15.4 Å². The average molecular weight is 304 g/mol. The highest BCUT2D eigenvalue weighted by molar-refractivity contribution is 5.81. The van der Waals surface area contributed by atoms with Gasteiger partial charge in [0.25, 0.3) is 0 Å². The lowest BCUT2D eigenvalue weighted by atomic mass is 10.0. The smallest absolute Gasteiger partial charge is 0.237 e. The minimum Gasteiger partial charge on any atom is -0.494 e. The molecule has 0 aromatic heterocycles. The largest absolute Gasteiger partial charge is 0.494 e. The summed E-state index contributed by atoms with van der Waals surface area (Å²) in [5.74, 6) is 1.06. The molecule has 1 aromatic carbocycles. The molecule has 0 aliphatic carbocycles. The molecule has 1 aliphatic heterocycles. The number of benzene rings is 1. The van der Waals surface area contributed by atoms with Crippen molar-refractivity contribution in [3.05, 3.63) is 29.8 Å². The molecule has 0 spiro atoms. The maximum Gasteiger partial charge on any atom is 0.237 e. The molecule has 1 unspecified atom stereocenters. The number of amides is 1. The van der Waals surface area contributed by atoms with Crippen LogP contribution >= 0.6 is 0 Å². The fraction of sp³-hybridized carbons (Fsp3) is 0.611. The zero-order valence-electron chi connectivity index (χ0n) is 13.6. The molecule has 4 nitrogen and oxygen atoms in total. The Morgan fingerprint density at radius 3 is 2.82 bits per heavy atom. The average Bonchev–Trinajstić information content (AvgIpc) is 2.57. The molecule has 1 amide bonds. The van der Waals surface area contributed by atoms with Crippen LogP contribution in [0.5, 0.6) is 5.75 Å². The molecule has 4 heteroatoms. The number of carbonyl (C=O) groups excluding carboxylic acids is 1. The first-order valence-corrected chi connectivity index (χ1v) is 8.52. The predicted molar refractivity (Wildman–Crippen MR) is 89.2 cm³/mol. The minimum atomic E-state index is 0.00286. The van der Waals surface area contributed by atoms with Crippen molar-refractivity contribution in [2.24, 2.45) is 0 Å². The van der Waals surface area contributed by atoms with E-state index in [2.05, 4.69) is 29.7 Å². The normalized spacial score (nSPS) is 18.0. The zero-order valence-corrected chi connectivity index (χ0v) is 13.6. The molecule has 122 valence electrons. The fourth-order valence-electron chi connectivity index (χ4n) is 2.62. The Hall–Kier alpha value is -1.55. The van der Waals surface area contributed by atoms with Gasteiger partial charge in [-0.3, -0.25) is 4.79 Å². The highest BCUT2D eigenvalue weighted by atomic mass is 16.5. The number of nitrogens with one attached hydrogen (secondary N) is 2.